The minimum Gasteiger partial charge on any atom is -0.394 e. The summed E-state index contributed by atoms with van der Waals surface area (Å²) >= 11 is 1.96. The second kappa shape index (κ2) is 6.70. The highest BCUT2D eigenvalue weighted by molar-refractivity contribution is 7.99. The van der Waals surface area contributed by atoms with Crippen LogP contribution in [0.4, 0.5) is 0 Å². The van der Waals surface area contributed by atoms with Gasteiger partial charge >= 0.3 is 0 Å². The van der Waals surface area contributed by atoms with Crippen LogP contribution in [0.2, 0.25) is 0 Å². The number of aliphatic hydroxyl groups excluding tert-OH is 1. The first-order valence-corrected chi connectivity index (χ1v) is 6.43. The molecule has 0 heterocycles. The van der Waals surface area contributed by atoms with Gasteiger partial charge in [-0.2, -0.15) is 11.8 Å². The van der Waals surface area contributed by atoms with Gasteiger partial charge in [-0.1, -0.05) is 20.8 Å². The summed E-state index contributed by atoms with van der Waals surface area (Å²) in [5.74, 6) is 1.97. The van der Waals surface area contributed by atoms with Gasteiger partial charge in [-0.3, -0.25) is 0 Å². The Morgan fingerprint density at radius 1 is 1.36 bits per heavy atom. The summed E-state index contributed by atoms with van der Waals surface area (Å²) in [5, 5.41) is 9.56. The number of hydrogen-bond donors (Lipinski definition) is 2. The summed E-state index contributed by atoms with van der Waals surface area (Å²) in [5.41, 5.74) is 5.47. The van der Waals surface area contributed by atoms with E-state index in [0.29, 0.717) is 5.25 Å². The van der Waals surface area contributed by atoms with E-state index in [1.165, 1.54) is 12.2 Å². The first-order valence-electron chi connectivity index (χ1n) is 5.38. The van der Waals surface area contributed by atoms with Crippen LogP contribution in [0.25, 0.3) is 0 Å². The molecule has 0 aromatic carbocycles. The molecule has 0 rings (SSSR count). The molecule has 0 aromatic heterocycles. The molecule has 3 heteroatoms. The van der Waals surface area contributed by atoms with Gasteiger partial charge in [-0.05, 0) is 31.4 Å². The zero-order valence-electron chi connectivity index (χ0n) is 9.92. The summed E-state index contributed by atoms with van der Waals surface area (Å²) < 4.78 is 0. The van der Waals surface area contributed by atoms with Gasteiger partial charge in [0.25, 0.3) is 0 Å². The minimum atomic E-state index is -0.412. The van der Waals surface area contributed by atoms with Gasteiger partial charge in [-0.25, -0.2) is 0 Å². The highest BCUT2D eigenvalue weighted by atomic mass is 32.2. The average Bonchev–Trinajstić information content (AvgIpc) is 2.02. The molecule has 0 radical (unpaired) electrons. The van der Waals surface area contributed by atoms with Crippen molar-refractivity contribution in [2.75, 3.05) is 12.4 Å². The van der Waals surface area contributed by atoms with Crippen molar-refractivity contribution >= 4 is 11.8 Å². The molecule has 0 spiro atoms. The Morgan fingerprint density at radius 3 is 2.36 bits per heavy atom. The van der Waals surface area contributed by atoms with Crippen LogP contribution >= 0.6 is 11.8 Å². The van der Waals surface area contributed by atoms with Crippen LogP contribution in [-0.2, 0) is 0 Å². The first kappa shape index (κ1) is 14.3. The van der Waals surface area contributed by atoms with Crippen LogP contribution < -0.4 is 5.73 Å². The largest absolute Gasteiger partial charge is 0.394 e. The fraction of sp³-hybridized carbons (Fsp3) is 1.00. The third kappa shape index (κ3) is 7.65. The SMILES string of the molecule is CC(C)CCSC(C)CC(C)(N)CO. The smallest absolute Gasteiger partial charge is 0.0608 e. The lowest BCUT2D eigenvalue weighted by atomic mass is 9.99. The Labute approximate surface area is 92.6 Å². The standard InChI is InChI=1S/C11H25NOS/c1-9(2)5-6-14-10(3)7-11(4,12)8-13/h9-10,13H,5-8,12H2,1-4H3. The van der Waals surface area contributed by atoms with E-state index in [1.807, 2.05) is 18.7 Å². The molecule has 0 saturated heterocycles. The van der Waals surface area contributed by atoms with E-state index < -0.39 is 5.54 Å². The molecule has 2 unspecified atom stereocenters. The van der Waals surface area contributed by atoms with Gasteiger partial charge in [0.15, 0.2) is 0 Å². The van der Waals surface area contributed by atoms with Crippen LogP contribution in [0.5, 0.6) is 0 Å². The van der Waals surface area contributed by atoms with Crippen molar-refractivity contribution in [3.8, 4) is 0 Å². The van der Waals surface area contributed by atoms with E-state index in [1.54, 1.807) is 0 Å². The molecule has 0 fully saturated rings. The van der Waals surface area contributed by atoms with Crippen LogP contribution in [0, 0.1) is 5.92 Å². The normalized spacial score (nSPS) is 18.2. The monoisotopic (exact) mass is 219 g/mol. The molecule has 0 aromatic rings. The van der Waals surface area contributed by atoms with Crippen LogP contribution in [0.15, 0.2) is 0 Å². The number of hydrogen-bond acceptors (Lipinski definition) is 3. The number of thioether (sulfide) groups is 1. The van der Waals surface area contributed by atoms with Crippen molar-refractivity contribution < 1.29 is 5.11 Å². The Morgan fingerprint density at radius 2 is 1.93 bits per heavy atom. The fourth-order valence-corrected chi connectivity index (χ4v) is 2.79. The molecule has 0 aliphatic heterocycles. The summed E-state index contributed by atoms with van der Waals surface area (Å²) in [6, 6.07) is 0. The fourth-order valence-electron chi connectivity index (χ4n) is 1.29. The van der Waals surface area contributed by atoms with E-state index in [-0.39, 0.29) is 6.61 Å². The molecule has 0 bridgehead atoms. The van der Waals surface area contributed by atoms with Gasteiger partial charge in [-0.15, -0.1) is 0 Å². The molecule has 0 saturated carbocycles. The molecule has 0 aliphatic carbocycles. The number of nitrogens with two attached hydrogens (primary N) is 1. The predicted octanol–water partition coefficient (Wildman–Crippen LogP) is 2.25. The van der Waals surface area contributed by atoms with Crippen molar-refractivity contribution in [2.24, 2.45) is 11.7 Å². The zero-order valence-corrected chi connectivity index (χ0v) is 10.7. The Hall–Kier alpha value is 0.270. The van der Waals surface area contributed by atoms with Crippen molar-refractivity contribution in [1.82, 2.24) is 0 Å². The third-order valence-electron chi connectivity index (χ3n) is 2.21. The molecule has 0 aliphatic rings. The maximum Gasteiger partial charge on any atom is 0.0608 e. The average molecular weight is 219 g/mol. The third-order valence-corrected chi connectivity index (χ3v) is 3.42. The van der Waals surface area contributed by atoms with E-state index in [0.717, 1.165) is 12.3 Å². The van der Waals surface area contributed by atoms with Crippen molar-refractivity contribution in [2.45, 2.75) is 51.3 Å². The van der Waals surface area contributed by atoms with E-state index in [2.05, 4.69) is 20.8 Å². The minimum absolute atomic E-state index is 0.0715. The van der Waals surface area contributed by atoms with Crippen molar-refractivity contribution in [3.63, 3.8) is 0 Å². The molecule has 0 amide bonds. The second-order valence-corrected chi connectivity index (χ2v) is 6.43. The Balaban J connectivity index is 3.60. The van der Waals surface area contributed by atoms with Crippen LogP contribution in [-0.4, -0.2) is 28.3 Å². The highest BCUT2D eigenvalue weighted by Crippen LogP contribution is 2.21. The predicted molar refractivity (Wildman–Crippen MR) is 65.7 cm³/mol. The van der Waals surface area contributed by atoms with Gasteiger partial charge in [0.2, 0.25) is 0 Å². The van der Waals surface area contributed by atoms with Gasteiger partial charge in [0, 0.05) is 10.8 Å². The Kier molecular flexibility index (Phi) is 6.83. The van der Waals surface area contributed by atoms with E-state index in [9.17, 15) is 0 Å². The van der Waals surface area contributed by atoms with Gasteiger partial charge in [0.1, 0.15) is 0 Å². The van der Waals surface area contributed by atoms with Crippen LogP contribution in [0.1, 0.15) is 40.5 Å². The Bertz CT molecular complexity index is 148. The number of aliphatic hydroxyl groups is 1. The zero-order chi connectivity index (χ0) is 11.2. The lowest BCUT2D eigenvalue weighted by Crippen LogP contribution is -2.42. The van der Waals surface area contributed by atoms with Gasteiger partial charge in [0.05, 0.1) is 6.61 Å². The molecule has 14 heavy (non-hydrogen) atoms. The summed E-state index contributed by atoms with van der Waals surface area (Å²) in [6.07, 6.45) is 2.14. The quantitative estimate of drug-likeness (QED) is 0.690. The van der Waals surface area contributed by atoms with E-state index >= 15 is 0 Å². The van der Waals surface area contributed by atoms with Crippen molar-refractivity contribution in [3.05, 3.63) is 0 Å². The summed E-state index contributed by atoms with van der Waals surface area (Å²) in [4.78, 5) is 0. The van der Waals surface area contributed by atoms with E-state index in [4.69, 9.17) is 10.8 Å². The number of rotatable bonds is 7. The summed E-state index contributed by atoms with van der Waals surface area (Å²) in [7, 11) is 0. The topological polar surface area (TPSA) is 46.2 Å². The molecule has 2 nitrogen and oxygen atoms in total. The lowest BCUT2D eigenvalue weighted by molar-refractivity contribution is 0.201. The lowest BCUT2D eigenvalue weighted by Gasteiger charge is -2.25. The molecular weight excluding hydrogens is 194 g/mol. The summed E-state index contributed by atoms with van der Waals surface area (Å²) in [6.45, 7) is 8.65. The van der Waals surface area contributed by atoms with Crippen LogP contribution in [0.3, 0.4) is 0 Å². The molecular formula is C11H25NOS. The first-order chi connectivity index (χ1) is 6.37. The molecule has 86 valence electrons. The second-order valence-electron chi connectivity index (χ2n) is 4.88. The maximum absolute atomic E-state index is 9.02. The maximum atomic E-state index is 9.02. The molecule has 3 N–H and O–H groups in total. The molecule has 2 atom stereocenters. The van der Waals surface area contributed by atoms with Crippen molar-refractivity contribution in [1.29, 1.82) is 0 Å². The van der Waals surface area contributed by atoms with Gasteiger partial charge < -0.3 is 10.8 Å². The highest BCUT2D eigenvalue weighted by Gasteiger charge is 2.20.